The van der Waals surface area contributed by atoms with Crippen LogP contribution in [-0.2, 0) is 4.79 Å². The Labute approximate surface area is 120 Å². The van der Waals surface area contributed by atoms with Crippen molar-refractivity contribution in [1.29, 1.82) is 0 Å². The molecule has 0 bridgehead atoms. The van der Waals surface area contributed by atoms with E-state index < -0.39 is 0 Å². The van der Waals surface area contributed by atoms with E-state index in [1.807, 2.05) is 0 Å². The molecule has 0 N–H and O–H groups in total. The van der Waals surface area contributed by atoms with E-state index in [0.29, 0.717) is 5.78 Å². The van der Waals surface area contributed by atoms with E-state index >= 15 is 0 Å². The van der Waals surface area contributed by atoms with E-state index in [-0.39, 0.29) is 0 Å². The summed E-state index contributed by atoms with van der Waals surface area (Å²) >= 11 is 0. The quantitative estimate of drug-likeness (QED) is 0.292. The predicted octanol–water partition coefficient (Wildman–Crippen LogP) is 6.08. The highest BCUT2D eigenvalue weighted by molar-refractivity contribution is 5.75. The Bertz CT molecular complexity index is 230. The van der Waals surface area contributed by atoms with Crippen molar-refractivity contribution in [3.8, 4) is 0 Å². The maximum Gasteiger partial charge on any atom is 0.129 e. The van der Waals surface area contributed by atoms with Crippen molar-refractivity contribution in [3.05, 3.63) is 12.2 Å². The highest BCUT2D eigenvalue weighted by Gasteiger charge is 1.96. The number of carbonyl (C=O) groups excluding carboxylic acids is 1. The van der Waals surface area contributed by atoms with Gasteiger partial charge in [0.15, 0.2) is 0 Å². The molecule has 0 rings (SSSR count). The maximum absolute atomic E-state index is 10.8. The van der Waals surface area contributed by atoms with Crippen LogP contribution in [0.2, 0.25) is 0 Å². The zero-order chi connectivity index (χ0) is 14.3. The smallest absolute Gasteiger partial charge is 0.129 e. The second-order valence-electron chi connectivity index (χ2n) is 5.92. The van der Waals surface area contributed by atoms with E-state index in [1.54, 1.807) is 6.92 Å². The van der Waals surface area contributed by atoms with E-state index in [1.165, 1.54) is 57.8 Å². The van der Waals surface area contributed by atoms with Crippen molar-refractivity contribution in [1.82, 2.24) is 0 Å². The molecule has 112 valence electrons. The Morgan fingerprint density at radius 1 is 0.947 bits per heavy atom. The molecule has 0 aromatic rings. The van der Waals surface area contributed by atoms with Gasteiger partial charge in [0.05, 0.1) is 0 Å². The monoisotopic (exact) mass is 266 g/mol. The maximum atomic E-state index is 10.8. The van der Waals surface area contributed by atoms with Gasteiger partial charge in [-0.1, -0.05) is 58.1 Å². The van der Waals surface area contributed by atoms with E-state index in [9.17, 15) is 4.79 Å². The summed E-state index contributed by atoms with van der Waals surface area (Å²) in [4.78, 5) is 10.8. The molecule has 1 unspecified atom stereocenters. The topological polar surface area (TPSA) is 17.1 Å². The summed E-state index contributed by atoms with van der Waals surface area (Å²) in [6, 6.07) is 0. The average molecular weight is 266 g/mol. The molecule has 0 saturated carbocycles. The van der Waals surface area contributed by atoms with Crippen molar-refractivity contribution in [2.24, 2.45) is 5.92 Å². The van der Waals surface area contributed by atoms with Crippen LogP contribution in [0.5, 0.6) is 0 Å². The largest absolute Gasteiger partial charge is 0.300 e. The minimum atomic E-state index is 0.331. The highest BCUT2D eigenvalue weighted by atomic mass is 16.1. The van der Waals surface area contributed by atoms with Gasteiger partial charge in [0.25, 0.3) is 0 Å². The van der Waals surface area contributed by atoms with Gasteiger partial charge in [0, 0.05) is 6.42 Å². The number of allylic oxidation sites excluding steroid dienone is 2. The number of hydrogen-bond acceptors (Lipinski definition) is 1. The van der Waals surface area contributed by atoms with Crippen LogP contribution in [0.25, 0.3) is 0 Å². The average Bonchev–Trinajstić information content (AvgIpc) is 2.39. The van der Waals surface area contributed by atoms with Gasteiger partial charge in [0.1, 0.15) is 5.78 Å². The molecule has 0 amide bonds. The lowest BCUT2D eigenvalue weighted by Gasteiger charge is -2.06. The summed E-state index contributed by atoms with van der Waals surface area (Å²) < 4.78 is 0. The molecule has 1 atom stereocenters. The molecule has 0 heterocycles. The van der Waals surface area contributed by atoms with Gasteiger partial charge in [-0.15, -0.1) is 0 Å². The van der Waals surface area contributed by atoms with Crippen LogP contribution >= 0.6 is 0 Å². The Hall–Kier alpha value is -0.590. The van der Waals surface area contributed by atoms with E-state index in [0.717, 1.165) is 18.8 Å². The third kappa shape index (κ3) is 15.4. The molecule has 0 aromatic carbocycles. The number of unbranched alkanes of at least 4 members (excludes halogenated alkanes) is 6. The van der Waals surface area contributed by atoms with Crippen LogP contribution in [0, 0.1) is 5.92 Å². The Balaban J connectivity index is 3.15. The minimum Gasteiger partial charge on any atom is -0.300 e. The first-order chi connectivity index (χ1) is 9.16. The standard InChI is InChI=1S/C18H34O/c1-4-17(2)15-13-11-9-7-5-6-8-10-12-14-16-18(3)19/h5,7,17H,4,6,8-16H2,1-3H3/b7-5-. The van der Waals surface area contributed by atoms with Gasteiger partial charge >= 0.3 is 0 Å². The second-order valence-corrected chi connectivity index (χ2v) is 5.92. The molecule has 0 aliphatic rings. The number of ketones is 1. The van der Waals surface area contributed by atoms with Crippen LogP contribution in [0.15, 0.2) is 12.2 Å². The van der Waals surface area contributed by atoms with Gasteiger partial charge in [-0.25, -0.2) is 0 Å². The van der Waals surface area contributed by atoms with Crippen molar-refractivity contribution in [3.63, 3.8) is 0 Å². The van der Waals surface area contributed by atoms with Gasteiger partial charge in [-0.3, -0.25) is 0 Å². The third-order valence-corrected chi connectivity index (χ3v) is 3.83. The van der Waals surface area contributed by atoms with Crippen molar-refractivity contribution < 1.29 is 4.79 Å². The lowest BCUT2D eigenvalue weighted by molar-refractivity contribution is -0.117. The Kier molecular flexibility index (Phi) is 13.4. The number of hydrogen-bond donors (Lipinski definition) is 0. The summed E-state index contributed by atoms with van der Waals surface area (Å²) in [6.45, 7) is 6.31. The fourth-order valence-electron chi connectivity index (χ4n) is 2.18. The minimum absolute atomic E-state index is 0.331. The molecule has 0 fully saturated rings. The molecule has 0 spiro atoms. The molecule has 0 saturated heterocycles. The number of carbonyl (C=O) groups is 1. The molecule has 0 aliphatic carbocycles. The lowest BCUT2D eigenvalue weighted by atomic mass is 10.0. The van der Waals surface area contributed by atoms with Crippen LogP contribution in [0.3, 0.4) is 0 Å². The number of Topliss-reactive ketones (excluding diaryl/α,β-unsaturated/α-hetero) is 1. The molecule has 1 heteroatoms. The normalized spacial score (nSPS) is 13.0. The number of rotatable bonds is 13. The van der Waals surface area contributed by atoms with E-state index in [4.69, 9.17) is 0 Å². The fourth-order valence-corrected chi connectivity index (χ4v) is 2.18. The van der Waals surface area contributed by atoms with Crippen molar-refractivity contribution >= 4 is 5.78 Å². The van der Waals surface area contributed by atoms with Crippen LogP contribution in [0.4, 0.5) is 0 Å². The predicted molar refractivity (Wildman–Crippen MR) is 85.4 cm³/mol. The van der Waals surface area contributed by atoms with Crippen LogP contribution < -0.4 is 0 Å². The summed E-state index contributed by atoms with van der Waals surface area (Å²) in [5.74, 6) is 1.23. The Morgan fingerprint density at radius 3 is 2.11 bits per heavy atom. The highest BCUT2D eigenvalue weighted by Crippen LogP contribution is 2.12. The molecule has 0 aromatic heterocycles. The fraction of sp³-hybridized carbons (Fsp3) is 0.833. The zero-order valence-corrected chi connectivity index (χ0v) is 13.4. The summed E-state index contributed by atoms with van der Waals surface area (Å²) in [5.41, 5.74) is 0. The van der Waals surface area contributed by atoms with Gasteiger partial charge < -0.3 is 4.79 Å². The SMILES string of the molecule is CCC(C)CCCC/C=C\CCCCCCC(C)=O. The first kappa shape index (κ1) is 18.4. The Morgan fingerprint density at radius 2 is 1.53 bits per heavy atom. The van der Waals surface area contributed by atoms with E-state index in [2.05, 4.69) is 26.0 Å². The summed E-state index contributed by atoms with van der Waals surface area (Å²) in [6.07, 6.45) is 18.2. The van der Waals surface area contributed by atoms with Crippen molar-refractivity contribution in [2.45, 2.75) is 91.4 Å². The summed E-state index contributed by atoms with van der Waals surface area (Å²) in [7, 11) is 0. The first-order valence-electron chi connectivity index (χ1n) is 8.31. The molecular formula is C18H34O. The zero-order valence-electron chi connectivity index (χ0n) is 13.4. The molecule has 19 heavy (non-hydrogen) atoms. The van der Waals surface area contributed by atoms with Gasteiger partial charge in [0.2, 0.25) is 0 Å². The summed E-state index contributed by atoms with van der Waals surface area (Å²) in [5, 5.41) is 0. The first-order valence-corrected chi connectivity index (χ1v) is 8.31. The van der Waals surface area contributed by atoms with Crippen LogP contribution in [-0.4, -0.2) is 5.78 Å². The lowest BCUT2D eigenvalue weighted by Crippen LogP contribution is -1.90. The van der Waals surface area contributed by atoms with Crippen LogP contribution in [0.1, 0.15) is 91.4 Å². The molecule has 1 nitrogen and oxygen atoms in total. The third-order valence-electron chi connectivity index (χ3n) is 3.83. The van der Waals surface area contributed by atoms with Gasteiger partial charge in [-0.05, 0) is 44.9 Å². The molecule has 0 radical (unpaired) electrons. The van der Waals surface area contributed by atoms with Crippen molar-refractivity contribution in [2.75, 3.05) is 0 Å². The van der Waals surface area contributed by atoms with Gasteiger partial charge in [-0.2, -0.15) is 0 Å². The molecule has 0 aliphatic heterocycles. The second kappa shape index (κ2) is 13.8. The molecular weight excluding hydrogens is 232 g/mol.